The lowest BCUT2D eigenvalue weighted by Crippen LogP contribution is -2.41. The van der Waals surface area contributed by atoms with Gasteiger partial charge in [-0.1, -0.05) is 13.8 Å². The van der Waals surface area contributed by atoms with Crippen molar-refractivity contribution >= 4 is 0 Å². The summed E-state index contributed by atoms with van der Waals surface area (Å²) in [5.41, 5.74) is 0. The molecule has 0 aromatic heterocycles. The van der Waals surface area contributed by atoms with Gasteiger partial charge in [0, 0.05) is 19.2 Å². The van der Waals surface area contributed by atoms with E-state index in [-0.39, 0.29) is 0 Å². The van der Waals surface area contributed by atoms with Crippen molar-refractivity contribution in [1.29, 1.82) is 0 Å². The molecule has 1 saturated heterocycles. The molecule has 2 aliphatic rings. The van der Waals surface area contributed by atoms with Gasteiger partial charge in [-0.3, -0.25) is 0 Å². The average Bonchev–Trinajstić information content (AvgIpc) is 2.32. The first-order valence-corrected chi connectivity index (χ1v) is 7.10. The van der Waals surface area contributed by atoms with E-state index in [0.717, 1.165) is 31.0 Å². The van der Waals surface area contributed by atoms with E-state index in [2.05, 4.69) is 19.2 Å². The minimum atomic E-state index is 0.489. The maximum absolute atomic E-state index is 5.75. The highest BCUT2D eigenvalue weighted by Gasteiger charge is 2.25. The monoisotopic (exact) mass is 225 g/mol. The fraction of sp³-hybridized carbons (Fsp3) is 1.00. The highest BCUT2D eigenvalue weighted by molar-refractivity contribution is 4.81. The Morgan fingerprint density at radius 1 is 1.06 bits per heavy atom. The summed E-state index contributed by atoms with van der Waals surface area (Å²) in [5, 5.41) is 3.72. The van der Waals surface area contributed by atoms with Gasteiger partial charge in [0.2, 0.25) is 0 Å². The lowest BCUT2D eigenvalue weighted by Gasteiger charge is -2.34. The number of ether oxygens (including phenoxy) is 1. The summed E-state index contributed by atoms with van der Waals surface area (Å²) in [7, 11) is 0. The van der Waals surface area contributed by atoms with Crippen LogP contribution in [0.5, 0.6) is 0 Å². The molecule has 1 saturated carbocycles. The maximum Gasteiger partial charge on any atom is 0.0699 e. The van der Waals surface area contributed by atoms with E-state index in [1.807, 2.05) is 0 Å². The second kappa shape index (κ2) is 6.02. The lowest BCUT2D eigenvalue weighted by molar-refractivity contribution is 0.0137. The quantitative estimate of drug-likeness (QED) is 0.797. The first-order chi connectivity index (χ1) is 7.75. The molecule has 0 aromatic carbocycles. The highest BCUT2D eigenvalue weighted by Crippen LogP contribution is 2.29. The topological polar surface area (TPSA) is 21.3 Å². The molecule has 4 unspecified atom stereocenters. The predicted octanol–water partition coefficient (Wildman–Crippen LogP) is 2.97. The van der Waals surface area contributed by atoms with Crippen molar-refractivity contribution < 1.29 is 4.74 Å². The number of rotatable bonds is 3. The third-order valence-corrected chi connectivity index (χ3v) is 4.51. The fourth-order valence-corrected chi connectivity index (χ4v) is 3.00. The van der Waals surface area contributed by atoms with Crippen molar-refractivity contribution in [2.24, 2.45) is 11.8 Å². The van der Waals surface area contributed by atoms with Crippen molar-refractivity contribution in [1.82, 2.24) is 5.32 Å². The third-order valence-electron chi connectivity index (χ3n) is 4.51. The van der Waals surface area contributed by atoms with Gasteiger partial charge in [-0.2, -0.15) is 0 Å². The first kappa shape index (κ1) is 12.4. The van der Waals surface area contributed by atoms with Gasteiger partial charge < -0.3 is 10.1 Å². The Balaban J connectivity index is 1.65. The van der Waals surface area contributed by atoms with Crippen LogP contribution in [0.4, 0.5) is 0 Å². The van der Waals surface area contributed by atoms with Crippen molar-refractivity contribution in [3.05, 3.63) is 0 Å². The molecule has 1 N–H and O–H groups in total. The van der Waals surface area contributed by atoms with Crippen molar-refractivity contribution in [2.45, 2.75) is 64.5 Å². The zero-order chi connectivity index (χ0) is 11.4. The zero-order valence-electron chi connectivity index (χ0n) is 10.9. The summed E-state index contributed by atoms with van der Waals surface area (Å²) >= 11 is 0. The minimum Gasteiger partial charge on any atom is -0.377 e. The molecule has 0 amide bonds. The Hall–Kier alpha value is -0.0800. The van der Waals surface area contributed by atoms with Crippen LogP contribution < -0.4 is 5.32 Å². The summed E-state index contributed by atoms with van der Waals surface area (Å²) in [6.45, 7) is 6.84. The molecule has 0 radical (unpaired) electrons. The highest BCUT2D eigenvalue weighted by atomic mass is 16.5. The second-order valence-electron chi connectivity index (χ2n) is 5.86. The van der Waals surface area contributed by atoms with Crippen LogP contribution in [0.25, 0.3) is 0 Å². The molecule has 2 heteroatoms. The summed E-state index contributed by atoms with van der Waals surface area (Å²) in [6.07, 6.45) is 8.46. The number of nitrogens with one attached hydrogen (secondary N) is 1. The van der Waals surface area contributed by atoms with E-state index in [1.54, 1.807) is 0 Å². The fourth-order valence-electron chi connectivity index (χ4n) is 3.00. The lowest BCUT2D eigenvalue weighted by atomic mass is 9.79. The molecule has 2 nitrogen and oxygen atoms in total. The predicted molar refractivity (Wildman–Crippen MR) is 67.6 cm³/mol. The van der Waals surface area contributed by atoms with E-state index in [9.17, 15) is 0 Å². The van der Waals surface area contributed by atoms with Crippen LogP contribution in [0.15, 0.2) is 0 Å². The van der Waals surface area contributed by atoms with Gasteiger partial charge in [0.15, 0.2) is 0 Å². The van der Waals surface area contributed by atoms with E-state index in [1.165, 1.54) is 38.5 Å². The van der Waals surface area contributed by atoms with Crippen LogP contribution in [0.3, 0.4) is 0 Å². The average molecular weight is 225 g/mol. The van der Waals surface area contributed by atoms with Crippen LogP contribution in [0.2, 0.25) is 0 Å². The summed E-state index contributed by atoms with van der Waals surface area (Å²) in [4.78, 5) is 0. The Labute approximate surface area is 100 Å². The van der Waals surface area contributed by atoms with E-state index >= 15 is 0 Å². The van der Waals surface area contributed by atoms with Gasteiger partial charge in [-0.25, -0.2) is 0 Å². The maximum atomic E-state index is 5.75. The Morgan fingerprint density at radius 3 is 2.62 bits per heavy atom. The third kappa shape index (κ3) is 3.46. The molecule has 0 spiro atoms. The van der Waals surface area contributed by atoms with Crippen LogP contribution in [0.1, 0.15) is 52.4 Å². The summed E-state index contributed by atoms with van der Waals surface area (Å²) in [5.74, 6) is 1.81. The van der Waals surface area contributed by atoms with Crippen molar-refractivity contribution in [3.63, 3.8) is 0 Å². The van der Waals surface area contributed by atoms with Gasteiger partial charge in [0.25, 0.3) is 0 Å². The zero-order valence-corrected chi connectivity index (χ0v) is 10.9. The largest absolute Gasteiger partial charge is 0.377 e. The van der Waals surface area contributed by atoms with Gasteiger partial charge in [-0.05, 0) is 50.4 Å². The Morgan fingerprint density at radius 2 is 1.94 bits per heavy atom. The van der Waals surface area contributed by atoms with Gasteiger partial charge >= 0.3 is 0 Å². The van der Waals surface area contributed by atoms with Gasteiger partial charge in [0.05, 0.1) is 6.10 Å². The molecule has 1 heterocycles. The second-order valence-corrected chi connectivity index (χ2v) is 5.86. The standard InChI is InChI=1S/C14H27NO/c1-11-6-7-13(9-12(11)2)15-10-14-5-3-4-8-16-14/h11-15H,3-10H2,1-2H3. The first-order valence-electron chi connectivity index (χ1n) is 7.10. The normalized spacial score (nSPS) is 40.9. The molecular weight excluding hydrogens is 198 g/mol. The molecule has 2 rings (SSSR count). The Bertz CT molecular complexity index is 201. The SMILES string of the molecule is CC1CCC(NCC2CCCCO2)CC1C. The van der Waals surface area contributed by atoms with Crippen molar-refractivity contribution in [3.8, 4) is 0 Å². The minimum absolute atomic E-state index is 0.489. The van der Waals surface area contributed by atoms with Gasteiger partial charge in [-0.15, -0.1) is 0 Å². The van der Waals surface area contributed by atoms with Gasteiger partial charge in [0.1, 0.15) is 0 Å². The van der Waals surface area contributed by atoms with Crippen LogP contribution in [-0.4, -0.2) is 25.3 Å². The van der Waals surface area contributed by atoms with Crippen LogP contribution in [-0.2, 0) is 4.74 Å². The van der Waals surface area contributed by atoms with Crippen molar-refractivity contribution in [2.75, 3.05) is 13.2 Å². The molecule has 2 fully saturated rings. The molecular formula is C14H27NO. The molecule has 1 aliphatic heterocycles. The molecule has 16 heavy (non-hydrogen) atoms. The molecule has 0 aromatic rings. The molecule has 0 bridgehead atoms. The summed E-state index contributed by atoms with van der Waals surface area (Å²) < 4.78 is 5.75. The van der Waals surface area contributed by atoms with Crippen LogP contribution >= 0.6 is 0 Å². The number of hydrogen-bond acceptors (Lipinski definition) is 2. The van der Waals surface area contributed by atoms with E-state index in [0.29, 0.717) is 6.10 Å². The number of hydrogen-bond donors (Lipinski definition) is 1. The molecule has 1 aliphatic carbocycles. The van der Waals surface area contributed by atoms with Crippen LogP contribution in [0, 0.1) is 11.8 Å². The van der Waals surface area contributed by atoms with E-state index in [4.69, 9.17) is 4.74 Å². The summed E-state index contributed by atoms with van der Waals surface area (Å²) in [6, 6.07) is 0.747. The smallest absolute Gasteiger partial charge is 0.0699 e. The molecule has 94 valence electrons. The molecule has 4 atom stereocenters. The van der Waals surface area contributed by atoms with E-state index < -0.39 is 0 Å². The Kier molecular flexibility index (Phi) is 4.66.